The average molecular weight is 269 g/mol. The Bertz CT molecular complexity index is 119. The van der Waals surface area contributed by atoms with Crippen LogP contribution in [0, 0.1) is 0 Å². The zero-order valence-corrected chi connectivity index (χ0v) is 9.37. The van der Waals surface area contributed by atoms with Gasteiger partial charge in [-0.05, 0) is 33.2 Å². The van der Waals surface area contributed by atoms with Crippen molar-refractivity contribution in [3.63, 3.8) is 0 Å². The molecule has 3 heteroatoms. The summed E-state index contributed by atoms with van der Waals surface area (Å²) in [6.45, 7) is 6.65. The summed E-state index contributed by atoms with van der Waals surface area (Å²) in [4.78, 5) is 2.53. The maximum absolute atomic E-state index is 5.13. The van der Waals surface area contributed by atoms with Crippen molar-refractivity contribution < 1.29 is 3.07 Å². The lowest BCUT2D eigenvalue weighted by Gasteiger charge is -2.27. The smallest absolute Gasteiger partial charge is 0.109 e. The van der Waals surface area contributed by atoms with Crippen molar-refractivity contribution in [3.05, 3.63) is 0 Å². The molecule has 0 spiro atoms. The standard InChI is InChI=1S/C8H16INO/c1-7(2)10-5-3-4-8(10)6-11-9/h7-8H,3-6H2,1-2H3. The second kappa shape index (κ2) is 4.62. The molecule has 0 radical (unpaired) electrons. The van der Waals surface area contributed by atoms with Crippen molar-refractivity contribution in [3.8, 4) is 0 Å². The van der Waals surface area contributed by atoms with Crippen LogP contribution in [0.5, 0.6) is 0 Å². The Kier molecular flexibility index (Phi) is 4.09. The number of rotatable bonds is 3. The molecule has 0 aliphatic carbocycles. The molecule has 0 bridgehead atoms. The fraction of sp³-hybridized carbons (Fsp3) is 1.00. The van der Waals surface area contributed by atoms with Gasteiger partial charge in [0, 0.05) is 12.1 Å². The Morgan fingerprint density at radius 3 is 2.91 bits per heavy atom. The summed E-state index contributed by atoms with van der Waals surface area (Å²) in [7, 11) is 0. The van der Waals surface area contributed by atoms with Crippen LogP contribution in [0.15, 0.2) is 0 Å². The monoisotopic (exact) mass is 269 g/mol. The summed E-state index contributed by atoms with van der Waals surface area (Å²) < 4.78 is 5.13. The van der Waals surface area contributed by atoms with E-state index < -0.39 is 0 Å². The van der Waals surface area contributed by atoms with Gasteiger partial charge in [0.15, 0.2) is 0 Å². The van der Waals surface area contributed by atoms with Crippen LogP contribution in [0.4, 0.5) is 0 Å². The van der Waals surface area contributed by atoms with E-state index in [1.165, 1.54) is 19.4 Å². The minimum atomic E-state index is 0.673. The highest BCUT2D eigenvalue weighted by Gasteiger charge is 2.25. The van der Waals surface area contributed by atoms with Gasteiger partial charge in [-0.15, -0.1) is 0 Å². The first-order valence-corrected chi connectivity index (χ1v) is 5.13. The Morgan fingerprint density at radius 2 is 2.36 bits per heavy atom. The topological polar surface area (TPSA) is 12.5 Å². The van der Waals surface area contributed by atoms with Crippen LogP contribution in [0.25, 0.3) is 0 Å². The Hall–Kier alpha value is 0.650. The largest absolute Gasteiger partial charge is 0.314 e. The predicted molar refractivity (Wildman–Crippen MR) is 54.8 cm³/mol. The molecule has 1 aliphatic heterocycles. The highest BCUT2D eigenvalue weighted by atomic mass is 127. The Labute approximate surface area is 83.0 Å². The summed E-state index contributed by atoms with van der Waals surface area (Å²) in [5.74, 6) is 0. The zero-order valence-electron chi connectivity index (χ0n) is 7.22. The first-order valence-electron chi connectivity index (χ1n) is 4.25. The molecule has 1 atom stereocenters. The van der Waals surface area contributed by atoms with Gasteiger partial charge in [0.2, 0.25) is 0 Å². The lowest BCUT2D eigenvalue weighted by Crippen LogP contribution is -2.37. The minimum Gasteiger partial charge on any atom is -0.314 e. The molecule has 66 valence electrons. The summed E-state index contributed by atoms with van der Waals surface area (Å²) in [5.41, 5.74) is 0. The van der Waals surface area contributed by atoms with Gasteiger partial charge < -0.3 is 3.07 Å². The Balaban J connectivity index is 2.37. The molecule has 0 aromatic heterocycles. The molecular weight excluding hydrogens is 253 g/mol. The van der Waals surface area contributed by atoms with Crippen molar-refractivity contribution in [2.75, 3.05) is 13.2 Å². The first-order chi connectivity index (χ1) is 5.25. The lowest BCUT2D eigenvalue weighted by molar-refractivity contribution is 0.165. The van der Waals surface area contributed by atoms with Crippen molar-refractivity contribution in [1.82, 2.24) is 4.90 Å². The van der Waals surface area contributed by atoms with Gasteiger partial charge >= 0.3 is 0 Å². The van der Waals surface area contributed by atoms with E-state index in [1.54, 1.807) is 0 Å². The molecule has 1 aliphatic rings. The van der Waals surface area contributed by atoms with E-state index in [0.29, 0.717) is 12.1 Å². The second-order valence-corrected chi connectivity index (χ2v) is 4.03. The molecule has 0 amide bonds. The third-order valence-electron chi connectivity index (χ3n) is 2.34. The van der Waals surface area contributed by atoms with Crippen LogP contribution in [-0.4, -0.2) is 30.1 Å². The van der Waals surface area contributed by atoms with Crippen LogP contribution in [0.1, 0.15) is 26.7 Å². The maximum Gasteiger partial charge on any atom is 0.109 e. The molecule has 1 unspecified atom stereocenters. The van der Waals surface area contributed by atoms with Crippen LogP contribution >= 0.6 is 23.0 Å². The zero-order chi connectivity index (χ0) is 8.27. The summed E-state index contributed by atoms with van der Waals surface area (Å²) in [6, 6.07) is 1.35. The fourth-order valence-electron chi connectivity index (χ4n) is 1.79. The van der Waals surface area contributed by atoms with Crippen LogP contribution in [0.3, 0.4) is 0 Å². The van der Waals surface area contributed by atoms with Crippen LogP contribution < -0.4 is 0 Å². The number of hydrogen-bond acceptors (Lipinski definition) is 2. The molecule has 0 aromatic rings. The summed E-state index contributed by atoms with van der Waals surface area (Å²) in [5, 5.41) is 0. The molecule has 1 heterocycles. The molecule has 0 aromatic carbocycles. The van der Waals surface area contributed by atoms with Gasteiger partial charge in [0.05, 0.1) is 6.61 Å². The fourth-order valence-corrected chi connectivity index (χ4v) is 2.20. The van der Waals surface area contributed by atoms with E-state index >= 15 is 0 Å². The molecule has 0 saturated carbocycles. The van der Waals surface area contributed by atoms with Gasteiger partial charge in [-0.25, -0.2) is 0 Å². The van der Waals surface area contributed by atoms with Crippen molar-refractivity contribution in [1.29, 1.82) is 0 Å². The molecule has 1 rings (SSSR count). The van der Waals surface area contributed by atoms with Crippen LogP contribution in [0.2, 0.25) is 0 Å². The third kappa shape index (κ3) is 2.56. The molecule has 0 N–H and O–H groups in total. The van der Waals surface area contributed by atoms with E-state index in [4.69, 9.17) is 3.07 Å². The van der Waals surface area contributed by atoms with Gasteiger partial charge in [0.1, 0.15) is 23.0 Å². The van der Waals surface area contributed by atoms with E-state index in [-0.39, 0.29) is 0 Å². The third-order valence-corrected chi connectivity index (χ3v) is 2.70. The van der Waals surface area contributed by atoms with E-state index in [2.05, 4.69) is 18.7 Å². The minimum absolute atomic E-state index is 0.673. The van der Waals surface area contributed by atoms with Crippen molar-refractivity contribution in [2.24, 2.45) is 0 Å². The maximum atomic E-state index is 5.13. The predicted octanol–water partition coefficient (Wildman–Crippen LogP) is 2.23. The number of nitrogens with zero attached hydrogens (tertiary/aromatic N) is 1. The van der Waals surface area contributed by atoms with Gasteiger partial charge in [-0.3, -0.25) is 4.90 Å². The van der Waals surface area contributed by atoms with E-state index in [1.807, 2.05) is 23.0 Å². The number of halogens is 1. The number of hydrogen-bond donors (Lipinski definition) is 0. The van der Waals surface area contributed by atoms with Crippen molar-refractivity contribution in [2.45, 2.75) is 38.8 Å². The Morgan fingerprint density at radius 1 is 1.64 bits per heavy atom. The van der Waals surface area contributed by atoms with Crippen molar-refractivity contribution >= 4 is 23.0 Å². The molecular formula is C8H16INO. The van der Waals surface area contributed by atoms with Gasteiger partial charge in [0.25, 0.3) is 0 Å². The normalized spacial score (nSPS) is 26.7. The molecule has 1 fully saturated rings. The highest BCUT2D eigenvalue weighted by Crippen LogP contribution is 2.20. The average Bonchev–Trinajstić information content (AvgIpc) is 2.36. The lowest BCUT2D eigenvalue weighted by atomic mass is 10.2. The second-order valence-electron chi connectivity index (χ2n) is 3.40. The SMILES string of the molecule is CC(C)N1CCCC1COI. The van der Waals surface area contributed by atoms with Crippen LogP contribution in [-0.2, 0) is 3.07 Å². The van der Waals surface area contributed by atoms with Gasteiger partial charge in [-0.2, -0.15) is 0 Å². The van der Waals surface area contributed by atoms with Gasteiger partial charge in [-0.1, -0.05) is 0 Å². The quantitative estimate of drug-likeness (QED) is 0.728. The first kappa shape index (κ1) is 9.74. The highest BCUT2D eigenvalue weighted by molar-refractivity contribution is 14.1. The molecule has 1 saturated heterocycles. The summed E-state index contributed by atoms with van der Waals surface area (Å²) in [6.07, 6.45) is 2.64. The summed E-state index contributed by atoms with van der Waals surface area (Å²) >= 11 is 1.98. The molecule has 2 nitrogen and oxygen atoms in total. The number of likely N-dealkylation sites (tertiary alicyclic amines) is 1. The molecule has 11 heavy (non-hydrogen) atoms. The van der Waals surface area contributed by atoms with E-state index in [0.717, 1.165) is 6.61 Å². The van der Waals surface area contributed by atoms with E-state index in [9.17, 15) is 0 Å².